The quantitative estimate of drug-likeness (QED) is 0.899. The van der Waals surface area contributed by atoms with Crippen LogP contribution in [0, 0.1) is 11.7 Å². The Morgan fingerprint density at radius 2 is 2.11 bits per heavy atom. The lowest BCUT2D eigenvalue weighted by Gasteiger charge is -2.35. The molecule has 1 atom stereocenters. The highest BCUT2D eigenvalue weighted by molar-refractivity contribution is 5.37. The molecule has 1 aromatic rings. The van der Waals surface area contributed by atoms with Crippen molar-refractivity contribution in [2.75, 3.05) is 13.7 Å². The molecule has 0 radical (unpaired) electrons. The normalized spacial score (nSPS) is 27.9. The number of methoxy groups -OCH3 is 1. The van der Waals surface area contributed by atoms with Gasteiger partial charge in [-0.05, 0) is 44.2 Å². The number of halogens is 1. The molecule has 1 N–H and O–H groups in total. The van der Waals surface area contributed by atoms with E-state index in [0.29, 0.717) is 11.7 Å². The number of hydrogen-bond donors (Lipinski definition) is 1. The molecule has 1 saturated heterocycles. The van der Waals surface area contributed by atoms with E-state index in [1.165, 1.54) is 39.2 Å². The van der Waals surface area contributed by atoms with Gasteiger partial charge in [-0.1, -0.05) is 25.0 Å². The molecule has 0 amide bonds. The Morgan fingerprint density at radius 1 is 1.26 bits per heavy atom. The molecule has 2 nitrogen and oxygen atoms in total. The van der Waals surface area contributed by atoms with Crippen LogP contribution in [0.25, 0.3) is 0 Å². The van der Waals surface area contributed by atoms with E-state index >= 15 is 0 Å². The van der Waals surface area contributed by atoms with E-state index in [0.717, 1.165) is 18.5 Å². The molecule has 3 rings (SSSR count). The molecule has 1 heterocycles. The molecule has 1 aromatic carbocycles. The monoisotopic (exact) mass is 263 g/mol. The average Bonchev–Trinajstić information content (AvgIpc) is 3.26. The third kappa shape index (κ3) is 2.25. The highest BCUT2D eigenvalue weighted by Gasteiger charge is 2.47. The molecule has 1 unspecified atom stereocenters. The lowest BCUT2D eigenvalue weighted by Crippen LogP contribution is -2.44. The van der Waals surface area contributed by atoms with Gasteiger partial charge in [0.05, 0.1) is 7.11 Å². The van der Waals surface area contributed by atoms with Crippen LogP contribution >= 0.6 is 0 Å². The van der Waals surface area contributed by atoms with Crippen molar-refractivity contribution < 1.29 is 9.13 Å². The molecular formula is C16H22FNO. The standard InChI is InChI=1S/C16H22FNO/c1-19-14-7-5-6-13(15(14)17)16(12-8-9-12)10-3-2-4-11-18-16/h5-7,12,18H,2-4,8-11H2,1H3. The summed E-state index contributed by atoms with van der Waals surface area (Å²) < 4.78 is 19.8. The Kier molecular flexibility index (Phi) is 3.48. The van der Waals surface area contributed by atoms with Gasteiger partial charge in [-0.15, -0.1) is 0 Å². The number of ether oxygens (including phenoxy) is 1. The maximum absolute atomic E-state index is 14.7. The van der Waals surface area contributed by atoms with Crippen LogP contribution < -0.4 is 10.1 Å². The van der Waals surface area contributed by atoms with E-state index in [9.17, 15) is 4.39 Å². The molecule has 0 bridgehead atoms. The average molecular weight is 263 g/mol. The van der Waals surface area contributed by atoms with Crippen LogP contribution in [0.5, 0.6) is 5.75 Å². The number of rotatable bonds is 3. The van der Waals surface area contributed by atoms with Crippen molar-refractivity contribution in [1.82, 2.24) is 5.32 Å². The zero-order valence-electron chi connectivity index (χ0n) is 11.5. The Labute approximate surface area is 114 Å². The van der Waals surface area contributed by atoms with Gasteiger partial charge in [0.15, 0.2) is 11.6 Å². The van der Waals surface area contributed by atoms with Gasteiger partial charge in [0.1, 0.15) is 0 Å². The van der Waals surface area contributed by atoms with Gasteiger partial charge in [0.2, 0.25) is 0 Å². The van der Waals surface area contributed by atoms with Crippen molar-refractivity contribution in [3.8, 4) is 5.75 Å². The maximum Gasteiger partial charge on any atom is 0.170 e. The second-order valence-corrected chi connectivity index (χ2v) is 5.80. The Bertz CT molecular complexity index is 448. The fourth-order valence-corrected chi connectivity index (χ4v) is 3.49. The van der Waals surface area contributed by atoms with Gasteiger partial charge in [0.25, 0.3) is 0 Å². The van der Waals surface area contributed by atoms with E-state index in [1.54, 1.807) is 6.07 Å². The molecule has 2 aliphatic rings. The Hall–Kier alpha value is -1.09. The largest absolute Gasteiger partial charge is 0.494 e. The molecule has 1 aliphatic carbocycles. The second-order valence-electron chi connectivity index (χ2n) is 5.80. The lowest BCUT2D eigenvalue weighted by molar-refractivity contribution is 0.264. The Balaban J connectivity index is 2.04. The van der Waals surface area contributed by atoms with Gasteiger partial charge in [-0.2, -0.15) is 0 Å². The highest BCUT2D eigenvalue weighted by atomic mass is 19.1. The minimum Gasteiger partial charge on any atom is -0.494 e. The molecule has 1 aliphatic heterocycles. The maximum atomic E-state index is 14.7. The van der Waals surface area contributed by atoms with Crippen LogP contribution in [0.2, 0.25) is 0 Å². The summed E-state index contributed by atoms with van der Waals surface area (Å²) in [5.74, 6) is 0.780. The van der Waals surface area contributed by atoms with Crippen LogP contribution in [-0.4, -0.2) is 13.7 Å². The Morgan fingerprint density at radius 3 is 2.84 bits per heavy atom. The third-order valence-electron chi connectivity index (χ3n) is 4.63. The number of hydrogen-bond acceptors (Lipinski definition) is 2. The molecule has 0 spiro atoms. The molecule has 1 saturated carbocycles. The summed E-state index contributed by atoms with van der Waals surface area (Å²) in [4.78, 5) is 0. The number of benzene rings is 1. The fraction of sp³-hybridized carbons (Fsp3) is 0.625. The third-order valence-corrected chi connectivity index (χ3v) is 4.63. The van der Waals surface area contributed by atoms with Crippen molar-refractivity contribution in [3.63, 3.8) is 0 Å². The summed E-state index contributed by atoms with van der Waals surface area (Å²) in [5.41, 5.74) is 0.658. The summed E-state index contributed by atoms with van der Waals surface area (Å²) in [6.07, 6.45) is 7.09. The van der Waals surface area contributed by atoms with E-state index in [-0.39, 0.29) is 11.4 Å². The van der Waals surface area contributed by atoms with Crippen molar-refractivity contribution in [2.45, 2.75) is 44.1 Å². The van der Waals surface area contributed by atoms with Crippen LogP contribution in [0.3, 0.4) is 0 Å². The molecule has 3 heteroatoms. The SMILES string of the molecule is COc1cccc(C2(C3CC3)CCCCCN2)c1F. The first-order chi connectivity index (χ1) is 9.28. The van der Waals surface area contributed by atoms with Gasteiger partial charge in [0, 0.05) is 11.1 Å². The van der Waals surface area contributed by atoms with Crippen molar-refractivity contribution in [2.24, 2.45) is 5.92 Å². The predicted molar refractivity (Wildman–Crippen MR) is 73.8 cm³/mol. The molecular weight excluding hydrogens is 241 g/mol. The molecule has 0 aromatic heterocycles. The molecule has 19 heavy (non-hydrogen) atoms. The smallest absolute Gasteiger partial charge is 0.170 e. The van der Waals surface area contributed by atoms with Gasteiger partial charge in [-0.25, -0.2) is 4.39 Å². The zero-order chi connectivity index (χ0) is 13.3. The van der Waals surface area contributed by atoms with Crippen LogP contribution in [-0.2, 0) is 5.54 Å². The zero-order valence-corrected chi connectivity index (χ0v) is 11.5. The minimum atomic E-state index is -0.175. The topological polar surface area (TPSA) is 21.3 Å². The van der Waals surface area contributed by atoms with Crippen LogP contribution in [0.15, 0.2) is 18.2 Å². The van der Waals surface area contributed by atoms with Gasteiger partial charge < -0.3 is 10.1 Å². The van der Waals surface area contributed by atoms with E-state index in [4.69, 9.17) is 4.74 Å². The van der Waals surface area contributed by atoms with Crippen molar-refractivity contribution in [3.05, 3.63) is 29.6 Å². The summed E-state index contributed by atoms with van der Waals surface area (Å²) in [7, 11) is 1.53. The first-order valence-corrected chi connectivity index (χ1v) is 7.36. The fourth-order valence-electron chi connectivity index (χ4n) is 3.49. The van der Waals surface area contributed by atoms with Gasteiger partial charge in [-0.3, -0.25) is 0 Å². The first-order valence-electron chi connectivity index (χ1n) is 7.36. The first kappa shape index (κ1) is 12.9. The highest BCUT2D eigenvalue weighted by Crippen LogP contribution is 2.50. The van der Waals surface area contributed by atoms with E-state index < -0.39 is 0 Å². The predicted octanol–water partition coefficient (Wildman–Crippen LogP) is 3.60. The van der Waals surface area contributed by atoms with Crippen LogP contribution in [0.4, 0.5) is 4.39 Å². The van der Waals surface area contributed by atoms with Crippen molar-refractivity contribution in [1.29, 1.82) is 0 Å². The lowest BCUT2D eigenvalue weighted by atomic mass is 9.80. The van der Waals surface area contributed by atoms with Crippen molar-refractivity contribution >= 4 is 0 Å². The molecule has 104 valence electrons. The van der Waals surface area contributed by atoms with Crippen LogP contribution in [0.1, 0.15) is 44.1 Å². The second kappa shape index (κ2) is 5.12. The summed E-state index contributed by atoms with van der Waals surface area (Å²) in [5, 5.41) is 3.67. The minimum absolute atomic E-state index is 0.158. The summed E-state index contributed by atoms with van der Waals surface area (Å²) in [6, 6.07) is 5.55. The summed E-state index contributed by atoms with van der Waals surface area (Å²) in [6.45, 7) is 0.993. The molecule has 2 fully saturated rings. The number of nitrogens with one attached hydrogen (secondary N) is 1. The summed E-state index contributed by atoms with van der Waals surface area (Å²) >= 11 is 0. The van der Waals surface area contributed by atoms with E-state index in [2.05, 4.69) is 5.32 Å². The van der Waals surface area contributed by atoms with Gasteiger partial charge >= 0.3 is 0 Å². The van der Waals surface area contributed by atoms with E-state index in [1.807, 2.05) is 12.1 Å².